The first-order chi connectivity index (χ1) is 11.8. The van der Waals surface area contributed by atoms with Gasteiger partial charge >= 0.3 is 0 Å². The third kappa shape index (κ3) is 2.59. The number of allylic oxidation sites excluding steroid dienone is 4. The molecule has 0 heterocycles. The Hall–Kier alpha value is -2.08. The van der Waals surface area contributed by atoms with Crippen molar-refractivity contribution in [2.75, 3.05) is 0 Å². The first-order valence-electron chi connectivity index (χ1n) is 9.41. The fourth-order valence-electron chi connectivity index (χ4n) is 4.40. The van der Waals surface area contributed by atoms with Crippen molar-refractivity contribution < 1.29 is 0 Å². The smallest absolute Gasteiger partial charge is 0.0114 e. The van der Waals surface area contributed by atoms with E-state index in [0.717, 1.165) is 12.8 Å². The second-order valence-electron chi connectivity index (χ2n) is 9.07. The second kappa shape index (κ2) is 5.46. The van der Waals surface area contributed by atoms with Crippen LogP contribution in [0.3, 0.4) is 0 Å². The van der Waals surface area contributed by atoms with E-state index < -0.39 is 0 Å². The van der Waals surface area contributed by atoms with Crippen molar-refractivity contribution in [3.05, 3.63) is 82.5 Å². The second-order valence-corrected chi connectivity index (χ2v) is 9.07. The summed E-state index contributed by atoms with van der Waals surface area (Å²) in [6.07, 6.45) is 7.03. The molecule has 0 bridgehead atoms. The molecule has 0 amide bonds. The Kier molecular flexibility index (Phi) is 3.58. The summed E-state index contributed by atoms with van der Waals surface area (Å²) in [5.41, 5.74) is 10.7. The third-order valence-electron chi connectivity index (χ3n) is 6.06. The quantitative estimate of drug-likeness (QED) is 0.483. The molecule has 0 spiro atoms. The summed E-state index contributed by atoms with van der Waals surface area (Å²) < 4.78 is 0. The summed E-state index contributed by atoms with van der Waals surface area (Å²) >= 11 is 0. The van der Waals surface area contributed by atoms with Gasteiger partial charge in [-0.1, -0.05) is 94.8 Å². The highest BCUT2D eigenvalue weighted by atomic mass is 14.4. The third-order valence-corrected chi connectivity index (χ3v) is 6.06. The first-order valence-corrected chi connectivity index (χ1v) is 9.41. The molecule has 0 saturated heterocycles. The molecule has 0 nitrogen and oxygen atoms in total. The zero-order valence-electron chi connectivity index (χ0n) is 16.1. The largest absolute Gasteiger partial charge is 0.0767 e. The van der Waals surface area contributed by atoms with Crippen LogP contribution in [-0.2, 0) is 11.8 Å². The number of rotatable bonds is 2. The van der Waals surface area contributed by atoms with Crippen molar-refractivity contribution in [1.29, 1.82) is 0 Å². The minimum absolute atomic E-state index is 0.0664. The van der Waals surface area contributed by atoms with Crippen LogP contribution in [0, 0.1) is 5.41 Å². The standard InChI is InChI=1S/C25H28/c1-24(2,3)18-13-14-19(16-18)25(4,5)23-12-8-11-21-20-10-7-6-9-17(20)15-22(21)23/h6-13,16H,14-15H2,1-5H3. The molecule has 4 rings (SSSR count). The molecule has 0 heteroatoms. The van der Waals surface area contributed by atoms with Gasteiger partial charge in [0.15, 0.2) is 0 Å². The molecule has 2 aliphatic carbocycles. The van der Waals surface area contributed by atoms with Crippen molar-refractivity contribution in [1.82, 2.24) is 0 Å². The Morgan fingerprint density at radius 2 is 1.52 bits per heavy atom. The minimum atomic E-state index is 0.0664. The Morgan fingerprint density at radius 1 is 0.800 bits per heavy atom. The van der Waals surface area contributed by atoms with E-state index in [1.807, 2.05) is 0 Å². The molecule has 2 aromatic carbocycles. The van der Waals surface area contributed by atoms with Crippen molar-refractivity contribution in [2.45, 2.75) is 52.9 Å². The Bertz CT molecular complexity index is 898. The van der Waals surface area contributed by atoms with Gasteiger partial charge < -0.3 is 0 Å². The van der Waals surface area contributed by atoms with Gasteiger partial charge in [-0.15, -0.1) is 0 Å². The molecular formula is C25H28. The fourth-order valence-corrected chi connectivity index (χ4v) is 4.40. The van der Waals surface area contributed by atoms with Crippen LogP contribution in [0.25, 0.3) is 11.1 Å². The Morgan fingerprint density at radius 3 is 2.24 bits per heavy atom. The molecule has 0 aliphatic heterocycles. The lowest BCUT2D eigenvalue weighted by Gasteiger charge is -2.30. The van der Waals surface area contributed by atoms with Crippen LogP contribution in [0.5, 0.6) is 0 Å². The van der Waals surface area contributed by atoms with Crippen LogP contribution in [0.2, 0.25) is 0 Å². The SMILES string of the molecule is CC(C)(C)C1=CCC(C(C)(C)c2cccc3c2Cc2ccccc2-3)=C1. The molecule has 2 aromatic rings. The molecule has 0 unspecified atom stereocenters. The molecule has 0 radical (unpaired) electrons. The van der Waals surface area contributed by atoms with E-state index in [4.69, 9.17) is 0 Å². The maximum absolute atomic E-state index is 2.46. The average Bonchev–Trinajstić information content (AvgIpc) is 3.19. The molecule has 128 valence electrons. The van der Waals surface area contributed by atoms with E-state index >= 15 is 0 Å². The molecule has 0 fully saturated rings. The van der Waals surface area contributed by atoms with E-state index in [2.05, 4.69) is 89.2 Å². The van der Waals surface area contributed by atoms with Crippen LogP contribution >= 0.6 is 0 Å². The molecule has 2 aliphatic rings. The lowest BCUT2D eigenvalue weighted by Crippen LogP contribution is -2.21. The summed E-state index contributed by atoms with van der Waals surface area (Å²) in [6, 6.07) is 15.8. The van der Waals surface area contributed by atoms with Crippen molar-refractivity contribution in [2.24, 2.45) is 5.41 Å². The van der Waals surface area contributed by atoms with E-state index in [1.54, 1.807) is 5.57 Å². The average molecular weight is 328 g/mol. The lowest BCUT2D eigenvalue weighted by molar-refractivity contribution is 0.517. The highest BCUT2D eigenvalue weighted by Gasteiger charge is 2.33. The summed E-state index contributed by atoms with van der Waals surface area (Å²) in [4.78, 5) is 0. The zero-order valence-corrected chi connectivity index (χ0v) is 16.1. The van der Waals surface area contributed by atoms with E-state index in [9.17, 15) is 0 Å². The van der Waals surface area contributed by atoms with Crippen molar-refractivity contribution in [3.63, 3.8) is 0 Å². The summed E-state index contributed by atoms with van der Waals surface area (Å²) in [5.74, 6) is 0. The van der Waals surface area contributed by atoms with E-state index in [1.165, 1.54) is 33.4 Å². The monoisotopic (exact) mass is 328 g/mol. The van der Waals surface area contributed by atoms with Crippen LogP contribution in [-0.4, -0.2) is 0 Å². The number of fused-ring (bicyclic) bond motifs is 3. The van der Waals surface area contributed by atoms with Gasteiger partial charge in [-0.05, 0) is 51.6 Å². The number of hydrogen-bond donors (Lipinski definition) is 0. The number of benzene rings is 2. The fraction of sp³-hybridized carbons (Fsp3) is 0.360. The molecule has 0 atom stereocenters. The first kappa shape index (κ1) is 16.4. The van der Waals surface area contributed by atoms with Crippen LogP contribution in [0.15, 0.2) is 65.8 Å². The van der Waals surface area contributed by atoms with Crippen molar-refractivity contribution in [3.8, 4) is 11.1 Å². The maximum Gasteiger partial charge on any atom is 0.0114 e. The Labute approximate surface area is 152 Å². The van der Waals surface area contributed by atoms with Crippen LogP contribution < -0.4 is 0 Å². The summed E-state index contributed by atoms with van der Waals surface area (Å²) in [5, 5.41) is 0. The van der Waals surface area contributed by atoms with Gasteiger partial charge in [0, 0.05) is 5.41 Å². The van der Waals surface area contributed by atoms with Gasteiger partial charge in [0.1, 0.15) is 0 Å². The van der Waals surface area contributed by atoms with Crippen LogP contribution in [0.1, 0.15) is 57.7 Å². The van der Waals surface area contributed by atoms with Crippen LogP contribution in [0.4, 0.5) is 0 Å². The molecule has 25 heavy (non-hydrogen) atoms. The van der Waals surface area contributed by atoms with Gasteiger partial charge in [0.2, 0.25) is 0 Å². The highest BCUT2D eigenvalue weighted by Crippen LogP contribution is 2.46. The number of hydrogen-bond acceptors (Lipinski definition) is 0. The lowest BCUT2D eigenvalue weighted by atomic mass is 9.74. The van der Waals surface area contributed by atoms with Gasteiger partial charge in [0.25, 0.3) is 0 Å². The predicted molar refractivity (Wildman–Crippen MR) is 108 cm³/mol. The summed E-state index contributed by atoms with van der Waals surface area (Å²) in [6.45, 7) is 11.7. The highest BCUT2D eigenvalue weighted by molar-refractivity contribution is 5.78. The van der Waals surface area contributed by atoms with Gasteiger partial charge in [-0.3, -0.25) is 0 Å². The maximum atomic E-state index is 2.46. The normalized spacial score (nSPS) is 16.4. The van der Waals surface area contributed by atoms with Gasteiger partial charge in [-0.25, -0.2) is 0 Å². The summed E-state index contributed by atoms with van der Waals surface area (Å²) in [7, 11) is 0. The van der Waals surface area contributed by atoms with Crippen molar-refractivity contribution >= 4 is 0 Å². The Balaban J connectivity index is 1.77. The molecule has 0 N–H and O–H groups in total. The van der Waals surface area contributed by atoms with Gasteiger partial charge in [0.05, 0.1) is 0 Å². The zero-order chi connectivity index (χ0) is 17.8. The minimum Gasteiger partial charge on any atom is -0.0767 e. The van der Waals surface area contributed by atoms with E-state index in [-0.39, 0.29) is 10.8 Å². The molecule has 0 saturated carbocycles. The predicted octanol–water partition coefficient (Wildman–Crippen LogP) is 6.84. The molecule has 0 aromatic heterocycles. The van der Waals surface area contributed by atoms with E-state index in [0.29, 0.717) is 0 Å². The molecular weight excluding hydrogens is 300 g/mol. The van der Waals surface area contributed by atoms with Gasteiger partial charge in [-0.2, -0.15) is 0 Å². The topological polar surface area (TPSA) is 0 Å².